The summed E-state index contributed by atoms with van der Waals surface area (Å²) >= 11 is 0. The summed E-state index contributed by atoms with van der Waals surface area (Å²) in [6.45, 7) is 12.9. The molecule has 1 fully saturated rings. The van der Waals surface area contributed by atoms with Crippen LogP contribution in [0.2, 0.25) is 0 Å². The van der Waals surface area contributed by atoms with Gasteiger partial charge in [0.1, 0.15) is 0 Å². The van der Waals surface area contributed by atoms with Gasteiger partial charge in [-0.2, -0.15) is 0 Å². The predicted molar refractivity (Wildman–Crippen MR) is 67.2 cm³/mol. The molecule has 1 saturated heterocycles. The zero-order chi connectivity index (χ0) is 11.3. The van der Waals surface area contributed by atoms with Crippen LogP contribution in [0.4, 0.5) is 0 Å². The first-order chi connectivity index (χ1) is 7.15. The van der Waals surface area contributed by atoms with Crippen LogP contribution >= 0.6 is 0 Å². The second kappa shape index (κ2) is 6.49. The topological polar surface area (TPSA) is 15.3 Å². The molecule has 0 aromatic heterocycles. The molecule has 0 aliphatic carbocycles. The zero-order valence-corrected chi connectivity index (χ0v) is 10.9. The van der Waals surface area contributed by atoms with Gasteiger partial charge in [0.2, 0.25) is 0 Å². The number of nitrogens with one attached hydrogen (secondary N) is 1. The zero-order valence-electron chi connectivity index (χ0n) is 10.9. The molecule has 1 aliphatic rings. The maximum absolute atomic E-state index is 3.61. The third kappa shape index (κ3) is 4.12. The molecule has 0 spiro atoms. The van der Waals surface area contributed by atoms with Crippen LogP contribution in [-0.2, 0) is 0 Å². The summed E-state index contributed by atoms with van der Waals surface area (Å²) in [7, 11) is 0. The Morgan fingerprint density at radius 2 is 2.07 bits per heavy atom. The number of likely N-dealkylation sites (tertiary alicyclic amines) is 1. The van der Waals surface area contributed by atoms with Gasteiger partial charge < -0.3 is 5.32 Å². The second-order valence-electron chi connectivity index (χ2n) is 5.23. The normalized spacial score (nSPS) is 25.0. The third-order valence-electron chi connectivity index (χ3n) is 3.84. The smallest absolute Gasteiger partial charge is 0.0110 e. The molecule has 90 valence electrons. The highest BCUT2D eigenvalue weighted by Gasteiger charge is 2.21. The quantitative estimate of drug-likeness (QED) is 0.728. The summed E-state index contributed by atoms with van der Waals surface area (Å²) in [6.07, 6.45) is 4.13. The lowest BCUT2D eigenvalue weighted by molar-refractivity contribution is 0.242. The van der Waals surface area contributed by atoms with Gasteiger partial charge in [-0.25, -0.2) is 0 Å². The Labute approximate surface area is 95.4 Å². The van der Waals surface area contributed by atoms with Crippen LogP contribution in [0.25, 0.3) is 0 Å². The fourth-order valence-electron chi connectivity index (χ4n) is 2.32. The molecule has 2 heteroatoms. The Hall–Kier alpha value is -0.0800. The van der Waals surface area contributed by atoms with Crippen molar-refractivity contribution in [2.24, 2.45) is 5.92 Å². The van der Waals surface area contributed by atoms with Crippen molar-refractivity contribution in [1.29, 1.82) is 0 Å². The van der Waals surface area contributed by atoms with Crippen LogP contribution in [0.1, 0.15) is 47.0 Å². The fraction of sp³-hybridized carbons (Fsp3) is 1.00. The van der Waals surface area contributed by atoms with Gasteiger partial charge in [-0.1, -0.05) is 20.8 Å². The molecule has 0 bridgehead atoms. The second-order valence-corrected chi connectivity index (χ2v) is 5.23. The summed E-state index contributed by atoms with van der Waals surface area (Å²) in [6, 6.07) is 1.51. The Morgan fingerprint density at radius 1 is 1.33 bits per heavy atom. The highest BCUT2D eigenvalue weighted by Crippen LogP contribution is 2.18. The van der Waals surface area contributed by atoms with Crippen molar-refractivity contribution >= 4 is 0 Å². The molecular weight excluding hydrogens is 184 g/mol. The highest BCUT2D eigenvalue weighted by molar-refractivity contribution is 4.78. The molecule has 1 N–H and O–H groups in total. The first-order valence-electron chi connectivity index (χ1n) is 6.62. The van der Waals surface area contributed by atoms with E-state index in [1.807, 2.05) is 0 Å². The van der Waals surface area contributed by atoms with Crippen molar-refractivity contribution < 1.29 is 0 Å². The van der Waals surface area contributed by atoms with Crippen molar-refractivity contribution in [2.75, 3.05) is 19.6 Å². The molecule has 15 heavy (non-hydrogen) atoms. The standard InChI is InChI=1S/C13H28N2/c1-5-13-7-6-9-15(13)10-8-14-12(4)11(2)3/h11-14H,5-10H2,1-4H3. The molecule has 1 rings (SSSR count). The van der Waals surface area contributed by atoms with Gasteiger partial charge in [-0.05, 0) is 38.6 Å². The number of rotatable bonds is 6. The molecule has 2 nitrogen and oxygen atoms in total. The van der Waals surface area contributed by atoms with Gasteiger partial charge in [0.15, 0.2) is 0 Å². The Kier molecular flexibility index (Phi) is 5.62. The van der Waals surface area contributed by atoms with E-state index in [4.69, 9.17) is 0 Å². The Morgan fingerprint density at radius 3 is 2.67 bits per heavy atom. The molecule has 0 saturated carbocycles. The van der Waals surface area contributed by atoms with Gasteiger partial charge in [0.25, 0.3) is 0 Å². The van der Waals surface area contributed by atoms with E-state index in [0.29, 0.717) is 6.04 Å². The van der Waals surface area contributed by atoms with Crippen molar-refractivity contribution in [2.45, 2.75) is 59.0 Å². The molecule has 0 radical (unpaired) electrons. The van der Waals surface area contributed by atoms with Crippen molar-refractivity contribution in [3.05, 3.63) is 0 Å². The van der Waals surface area contributed by atoms with E-state index in [9.17, 15) is 0 Å². The van der Waals surface area contributed by atoms with Gasteiger partial charge >= 0.3 is 0 Å². The fourth-order valence-corrected chi connectivity index (χ4v) is 2.32. The molecule has 0 aromatic carbocycles. The largest absolute Gasteiger partial charge is 0.313 e. The van der Waals surface area contributed by atoms with E-state index in [1.165, 1.54) is 32.4 Å². The van der Waals surface area contributed by atoms with E-state index in [2.05, 4.69) is 37.9 Å². The van der Waals surface area contributed by atoms with E-state index in [-0.39, 0.29) is 0 Å². The van der Waals surface area contributed by atoms with E-state index < -0.39 is 0 Å². The lowest BCUT2D eigenvalue weighted by atomic mass is 10.1. The van der Waals surface area contributed by atoms with Crippen molar-refractivity contribution in [3.63, 3.8) is 0 Å². The minimum atomic E-state index is 0.646. The van der Waals surface area contributed by atoms with Gasteiger partial charge in [-0.15, -0.1) is 0 Å². The summed E-state index contributed by atoms with van der Waals surface area (Å²) < 4.78 is 0. The molecule has 0 amide bonds. The average Bonchev–Trinajstić information content (AvgIpc) is 2.65. The summed E-state index contributed by atoms with van der Waals surface area (Å²) in [5.41, 5.74) is 0. The molecule has 2 atom stereocenters. The summed E-state index contributed by atoms with van der Waals surface area (Å²) in [5.74, 6) is 0.741. The number of nitrogens with zero attached hydrogens (tertiary/aromatic N) is 1. The lowest BCUT2D eigenvalue weighted by Crippen LogP contribution is -2.39. The first-order valence-corrected chi connectivity index (χ1v) is 6.62. The minimum Gasteiger partial charge on any atom is -0.313 e. The molecule has 2 unspecified atom stereocenters. The van der Waals surface area contributed by atoms with Crippen LogP contribution in [-0.4, -0.2) is 36.6 Å². The number of hydrogen-bond donors (Lipinski definition) is 1. The van der Waals surface area contributed by atoms with Crippen LogP contribution in [0.15, 0.2) is 0 Å². The number of hydrogen-bond acceptors (Lipinski definition) is 2. The highest BCUT2D eigenvalue weighted by atomic mass is 15.2. The average molecular weight is 212 g/mol. The maximum atomic E-state index is 3.61. The molecular formula is C13H28N2. The Bertz CT molecular complexity index is 168. The van der Waals surface area contributed by atoms with Crippen LogP contribution in [0.3, 0.4) is 0 Å². The van der Waals surface area contributed by atoms with Crippen LogP contribution < -0.4 is 5.32 Å². The predicted octanol–water partition coefficient (Wildman–Crippen LogP) is 2.49. The lowest BCUT2D eigenvalue weighted by Gasteiger charge is -2.25. The van der Waals surface area contributed by atoms with Crippen molar-refractivity contribution in [1.82, 2.24) is 10.2 Å². The molecule has 1 heterocycles. The monoisotopic (exact) mass is 212 g/mol. The van der Waals surface area contributed by atoms with E-state index >= 15 is 0 Å². The molecule has 0 aromatic rings. The van der Waals surface area contributed by atoms with E-state index in [0.717, 1.165) is 18.5 Å². The minimum absolute atomic E-state index is 0.646. The first kappa shape index (κ1) is 13.0. The maximum Gasteiger partial charge on any atom is 0.0110 e. The SMILES string of the molecule is CCC1CCCN1CCNC(C)C(C)C. The van der Waals surface area contributed by atoms with Crippen LogP contribution in [0.5, 0.6) is 0 Å². The van der Waals surface area contributed by atoms with Crippen molar-refractivity contribution in [3.8, 4) is 0 Å². The molecule has 1 aliphatic heterocycles. The van der Waals surface area contributed by atoms with Crippen LogP contribution in [0, 0.1) is 5.92 Å². The van der Waals surface area contributed by atoms with Gasteiger partial charge in [-0.3, -0.25) is 4.90 Å². The Balaban J connectivity index is 2.14. The van der Waals surface area contributed by atoms with Gasteiger partial charge in [0.05, 0.1) is 0 Å². The third-order valence-corrected chi connectivity index (χ3v) is 3.84. The van der Waals surface area contributed by atoms with E-state index in [1.54, 1.807) is 0 Å². The van der Waals surface area contributed by atoms with Gasteiger partial charge in [0, 0.05) is 25.2 Å². The summed E-state index contributed by atoms with van der Waals surface area (Å²) in [4.78, 5) is 2.65. The summed E-state index contributed by atoms with van der Waals surface area (Å²) in [5, 5.41) is 3.61.